The Kier molecular flexibility index (Phi) is 4.97. The van der Waals surface area contributed by atoms with Crippen LogP contribution in [0.15, 0.2) is 12.3 Å². The van der Waals surface area contributed by atoms with E-state index in [0.29, 0.717) is 19.5 Å². The SMILES string of the molecule is CN(C)C=CC(=O)C1CCN(C(=O)OC(C)(C)C)C1. The maximum atomic E-state index is 11.9. The first kappa shape index (κ1) is 15.5. The smallest absolute Gasteiger partial charge is 0.410 e. The third-order valence-corrected chi connectivity index (χ3v) is 2.78. The summed E-state index contributed by atoms with van der Waals surface area (Å²) in [6.07, 6.45) is 3.68. The second kappa shape index (κ2) is 6.08. The molecule has 0 spiro atoms. The molecule has 0 bridgehead atoms. The third kappa shape index (κ3) is 5.32. The zero-order chi connectivity index (χ0) is 14.6. The van der Waals surface area contributed by atoms with Crippen molar-refractivity contribution in [1.82, 2.24) is 9.80 Å². The number of likely N-dealkylation sites (tertiary alicyclic amines) is 1. The zero-order valence-electron chi connectivity index (χ0n) is 12.5. The van der Waals surface area contributed by atoms with Crippen LogP contribution in [0.2, 0.25) is 0 Å². The second-order valence-corrected chi connectivity index (χ2v) is 6.09. The minimum atomic E-state index is -0.496. The van der Waals surface area contributed by atoms with Crippen LogP contribution in [-0.2, 0) is 9.53 Å². The summed E-state index contributed by atoms with van der Waals surface area (Å²) in [7, 11) is 3.73. The number of ketones is 1. The normalized spacial score (nSPS) is 19.8. The summed E-state index contributed by atoms with van der Waals surface area (Å²) in [5.74, 6) is -0.0384. The van der Waals surface area contributed by atoms with Gasteiger partial charge in [-0.1, -0.05) is 0 Å². The van der Waals surface area contributed by atoms with Crippen molar-refractivity contribution in [2.24, 2.45) is 5.92 Å². The molecule has 1 rings (SSSR count). The Morgan fingerprint density at radius 1 is 1.32 bits per heavy atom. The first-order valence-corrected chi connectivity index (χ1v) is 6.55. The minimum Gasteiger partial charge on any atom is -0.444 e. The highest BCUT2D eigenvalue weighted by atomic mass is 16.6. The zero-order valence-corrected chi connectivity index (χ0v) is 12.5. The molecular weight excluding hydrogens is 244 g/mol. The molecule has 1 heterocycles. The molecule has 5 nitrogen and oxygen atoms in total. The Morgan fingerprint density at radius 2 is 1.95 bits per heavy atom. The van der Waals surface area contributed by atoms with E-state index in [0.717, 1.165) is 0 Å². The first-order valence-electron chi connectivity index (χ1n) is 6.55. The van der Waals surface area contributed by atoms with E-state index in [1.54, 1.807) is 17.2 Å². The maximum Gasteiger partial charge on any atom is 0.410 e. The molecule has 0 aromatic rings. The van der Waals surface area contributed by atoms with Gasteiger partial charge in [0.2, 0.25) is 0 Å². The summed E-state index contributed by atoms with van der Waals surface area (Å²) >= 11 is 0. The van der Waals surface area contributed by atoms with Crippen LogP contribution >= 0.6 is 0 Å². The Labute approximate surface area is 115 Å². The van der Waals surface area contributed by atoms with Crippen molar-refractivity contribution in [3.63, 3.8) is 0 Å². The number of ether oxygens (including phenoxy) is 1. The van der Waals surface area contributed by atoms with Crippen molar-refractivity contribution in [3.05, 3.63) is 12.3 Å². The molecule has 1 unspecified atom stereocenters. The van der Waals surface area contributed by atoms with E-state index in [2.05, 4.69) is 0 Å². The summed E-state index contributed by atoms with van der Waals surface area (Å²) in [5, 5.41) is 0. The van der Waals surface area contributed by atoms with E-state index in [4.69, 9.17) is 4.74 Å². The van der Waals surface area contributed by atoms with E-state index in [1.165, 1.54) is 0 Å². The number of carbonyl (C=O) groups excluding carboxylic acids is 2. The molecule has 0 N–H and O–H groups in total. The van der Waals surface area contributed by atoms with Crippen LogP contribution in [-0.4, -0.2) is 54.5 Å². The lowest BCUT2D eigenvalue weighted by Gasteiger charge is -2.24. The number of hydrogen-bond donors (Lipinski definition) is 0. The Hall–Kier alpha value is -1.52. The Morgan fingerprint density at radius 3 is 2.47 bits per heavy atom. The molecule has 1 atom stereocenters. The molecular formula is C14H24N2O3. The van der Waals surface area contributed by atoms with Crippen molar-refractivity contribution >= 4 is 11.9 Å². The van der Waals surface area contributed by atoms with Gasteiger partial charge in [-0.05, 0) is 33.3 Å². The van der Waals surface area contributed by atoms with Crippen LogP contribution in [0.1, 0.15) is 27.2 Å². The van der Waals surface area contributed by atoms with Crippen LogP contribution in [0.5, 0.6) is 0 Å². The maximum absolute atomic E-state index is 11.9. The standard InChI is InChI=1S/C14H24N2O3/c1-14(2,3)19-13(18)16-9-6-11(10-16)12(17)7-8-15(4)5/h7-8,11H,6,9-10H2,1-5H3. The third-order valence-electron chi connectivity index (χ3n) is 2.78. The number of carbonyl (C=O) groups is 2. The van der Waals surface area contributed by atoms with Gasteiger partial charge in [-0.25, -0.2) is 4.79 Å². The average molecular weight is 268 g/mol. The van der Waals surface area contributed by atoms with Crippen LogP contribution in [0.25, 0.3) is 0 Å². The molecule has 1 amide bonds. The molecule has 1 aliphatic heterocycles. The van der Waals surface area contributed by atoms with E-state index in [9.17, 15) is 9.59 Å². The van der Waals surface area contributed by atoms with Gasteiger partial charge in [-0.15, -0.1) is 0 Å². The van der Waals surface area contributed by atoms with Gasteiger partial charge in [0, 0.05) is 39.3 Å². The van der Waals surface area contributed by atoms with Crippen molar-refractivity contribution < 1.29 is 14.3 Å². The van der Waals surface area contributed by atoms with Gasteiger partial charge in [0.25, 0.3) is 0 Å². The van der Waals surface area contributed by atoms with Gasteiger partial charge >= 0.3 is 6.09 Å². The molecule has 1 aliphatic rings. The van der Waals surface area contributed by atoms with Gasteiger partial charge in [-0.2, -0.15) is 0 Å². The van der Waals surface area contributed by atoms with Crippen LogP contribution in [0.3, 0.4) is 0 Å². The van der Waals surface area contributed by atoms with E-state index >= 15 is 0 Å². The summed E-state index contributed by atoms with van der Waals surface area (Å²) < 4.78 is 5.30. The monoisotopic (exact) mass is 268 g/mol. The lowest BCUT2D eigenvalue weighted by Crippen LogP contribution is -2.35. The molecule has 5 heteroatoms. The van der Waals surface area contributed by atoms with Crippen molar-refractivity contribution in [2.75, 3.05) is 27.2 Å². The van der Waals surface area contributed by atoms with Gasteiger partial charge in [0.15, 0.2) is 5.78 Å². The predicted octanol–water partition coefficient (Wildman–Crippen LogP) is 1.89. The average Bonchev–Trinajstić information content (AvgIpc) is 2.72. The predicted molar refractivity (Wildman–Crippen MR) is 73.7 cm³/mol. The van der Waals surface area contributed by atoms with E-state index in [-0.39, 0.29) is 17.8 Å². The second-order valence-electron chi connectivity index (χ2n) is 6.09. The molecule has 0 aliphatic carbocycles. The first-order chi connectivity index (χ1) is 8.69. The van der Waals surface area contributed by atoms with Gasteiger partial charge < -0.3 is 14.5 Å². The van der Waals surface area contributed by atoms with Crippen LogP contribution < -0.4 is 0 Å². The Bertz CT molecular complexity index is 369. The van der Waals surface area contributed by atoms with Gasteiger partial charge in [0.05, 0.1) is 0 Å². The highest BCUT2D eigenvalue weighted by molar-refractivity contribution is 5.92. The van der Waals surface area contributed by atoms with Crippen LogP contribution in [0.4, 0.5) is 4.79 Å². The fourth-order valence-electron chi connectivity index (χ4n) is 1.84. The molecule has 108 valence electrons. The fourth-order valence-corrected chi connectivity index (χ4v) is 1.84. The summed E-state index contributed by atoms with van der Waals surface area (Å²) in [6.45, 7) is 6.54. The fraction of sp³-hybridized carbons (Fsp3) is 0.714. The summed E-state index contributed by atoms with van der Waals surface area (Å²) in [4.78, 5) is 27.2. The minimum absolute atomic E-state index is 0.0692. The molecule has 0 aromatic heterocycles. The largest absolute Gasteiger partial charge is 0.444 e. The van der Waals surface area contributed by atoms with Gasteiger partial charge in [-0.3, -0.25) is 4.79 Å². The molecule has 1 saturated heterocycles. The van der Waals surface area contributed by atoms with E-state index < -0.39 is 5.60 Å². The highest BCUT2D eigenvalue weighted by Gasteiger charge is 2.32. The lowest BCUT2D eigenvalue weighted by molar-refractivity contribution is -0.117. The Balaban J connectivity index is 2.50. The summed E-state index contributed by atoms with van der Waals surface area (Å²) in [6, 6.07) is 0. The molecule has 19 heavy (non-hydrogen) atoms. The molecule has 0 aromatic carbocycles. The van der Waals surface area contributed by atoms with Crippen molar-refractivity contribution in [1.29, 1.82) is 0 Å². The quantitative estimate of drug-likeness (QED) is 0.733. The highest BCUT2D eigenvalue weighted by Crippen LogP contribution is 2.20. The van der Waals surface area contributed by atoms with Crippen LogP contribution in [0, 0.1) is 5.92 Å². The van der Waals surface area contributed by atoms with Gasteiger partial charge in [0.1, 0.15) is 5.60 Å². The van der Waals surface area contributed by atoms with Crippen molar-refractivity contribution in [2.45, 2.75) is 32.8 Å². The number of hydrogen-bond acceptors (Lipinski definition) is 4. The number of allylic oxidation sites excluding steroid dienone is 1. The molecule has 0 radical (unpaired) electrons. The molecule has 0 saturated carbocycles. The number of amides is 1. The number of nitrogens with zero attached hydrogens (tertiary/aromatic N) is 2. The number of rotatable bonds is 3. The topological polar surface area (TPSA) is 49.9 Å². The van der Waals surface area contributed by atoms with E-state index in [1.807, 2.05) is 39.8 Å². The van der Waals surface area contributed by atoms with Crippen molar-refractivity contribution in [3.8, 4) is 0 Å². The summed E-state index contributed by atoms with van der Waals surface area (Å²) in [5.41, 5.74) is -0.496. The lowest BCUT2D eigenvalue weighted by atomic mass is 10.0. The molecule has 1 fully saturated rings.